The fourth-order valence-electron chi connectivity index (χ4n) is 6.91. The summed E-state index contributed by atoms with van der Waals surface area (Å²) in [6.07, 6.45) is 5.01. The summed E-state index contributed by atoms with van der Waals surface area (Å²) in [4.78, 5) is 11.9. The van der Waals surface area contributed by atoms with Crippen LogP contribution in [0.4, 0.5) is 0 Å². The number of halogens is 1. The van der Waals surface area contributed by atoms with E-state index in [4.69, 9.17) is 35.4 Å². The van der Waals surface area contributed by atoms with Crippen LogP contribution < -0.4 is 9.26 Å². The first kappa shape index (κ1) is 21.8. The molecule has 2 aromatic rings. The molecule has 0 radical (unpaired) electrons. The first-order valence-electron chi connectivity index (χ1n) is 11.5. The molecule has 4 aliphatic carbocycles. The van der Waals surface area contributed by atoms with Crippen molar-refractivity contribution < 1.29 is 28.3 Å². The van der Waals surface area contributed by atoms with Crippen LogP contribution in [0.5, 0.6) is 11.5 Å². The summed E-state index contributed by atoms with van der Waals surface area (Å²) >= 11 is 7.03. The topological polar surface area (TPSA) is 63.2 Å². The van der Waals surface area contributed by atoms with Gasteiger partial charge in [0.25, 0.3) is 5.79 Å². The predicted molar refractivity (Wildman–Crippen MR) is 121 cm³/mol. The molecule has 6 nitrogen and oxygen atoms in total. The molecule has 1 heterocycles. The molecule has 2 aromatic carbocycles. The van der Waals surface area contributed by atoms with E-state index in [-0.39, 0.29) is 16.7 Å². The third-order valence-corrected chi connectivity index (χ3v) is 8.64. The van der Waals surface area contributed by atoms with Gasteiger partial charge < -0.3 is 14.0 Å². The summed E-state index contributed by atoms with van der Waals surface area (Å²) < 4.78 is 28.7. The van der Waals surface area contributed by atoms with Crippen molar-refractivity contribution in [3.05, 3.63) is 60.2 Å². The van der Waals surface area contributed by atoms with Crippen molar-refractivity contribution in [1.82, 2.24) is 0 Å². The lowest BCUT2D eigenvalue weighted by Gasteiger charge is -2.70. The Kier molecular flexibility index (Phi) is 5.43. The molecular formula is C25H26ClO6P. The van der Waals surface area contributed by atoms with Crippen LogP contribution in [0.15, 0.2) is 54.6 Å². The summed E-state index contributed by atoms with van der Waals surface area (Å²) in [5.41, 5.74) is 0.189. The van der Waals surface area contributed by atoms with Gasteiger partial charge in [-0.3, -0.25) is 0 Å². The van der Waals surface area contributed by atoms with Crippen molar-refractivity contribution in [3.63, 3.8) is 0 Å². The average Bonchev–Trinajstić information content (AvgIpc) is 2.78. The molecule has 7 rings (SSSR count). The van der Waals surface area contributed by atoms with E-state index < -0.39 is 20.1 Å². The van der Waals surface area contributed by atoms with Gasteiger partial charge in [0.15, 0.2) is 5.60 Å². The zero-order valence-corrected chi connectivity index (χ0v) is 19.8. The number of rotatable bonds is 8. The molecule has 5 aliphatic rings. The number of hydrogen-bond acceptors (Lipinski definition) is 6. The maximum atomic E-state index is 11.1. The van der Waals surface area contributed by atoms with E-state index in [0.717, 1.165) is 43.4 Å². The van der Waals surface area contributed by atoms with Gasteiger partial charge in [0.05, 0.1) is 6.61 Å². The molecule has 4 bridgehead atoms. The van der Waals surface area contributed by atoms with Crippen molar-refractivity contribution in [1.29, 1.82) is 0 Å². The maximum absolute atomic E-state index is 11.1. The molecule has 4 saturated carbocycles. The van der Waals surface area contributed by atoms with Crippen LogP contribution in [0.1, 0.15) is 37.7 Å². The first-order chi connectivity index (χ1) is 16.1. The zero-order valence-electron chi connectivity index (χ0n) is 18.2. The SMILES string of the molecule is O=POc1cccc(C2(OCCOc3ccccc3)OOC23C2CC4CC3CC(Cl)(C4)C2)c1. The fourth-order valence-corrected chi connectivity index (χ4v) is 7.71. The Hall–Kier alpha value is -1.69. The molecule has 5 fully saturated rings. The van der Waals surface area contributed by atoms with Crippen molar-refractivity contribution >= 4 is 20.3 Å². The highest BCUT2D eigenvalue weighted by Gasteiger charge is 2.78. The molecule has 33 heavy (non-hydrogen) atoms. The first-order valence-corrected chi connectivity index (χ1v) is 12.7. The molecule has 1 spiro atoms. The van der Waals surface area contributed by atoms with Gasteiger partial charge in [-0.05, 0) is 74.1 Å². The zero-order chi connectivity index (χ0) is 22.5. The molecule has 0 amide bonds. The maximum Gasteiger partial charge on any atom is 0.395 e. The molecule has 1 aliphatic heterocycles. The fraction of sp³-hybridized carbons (Fsp3) is 0.520. The van der Waals surface area contributed by atoms with Gasteiger partial charge in [-0.15, -0.1) is 11.6 Å². The number of ether oxygens (including phenoxy) is 2. The Morgan fingerprint density at radius 2 is 1.70 bits per heavy atom. The molecular weight excluding hydrogens is 463 g/mol. The predicted octanol–water partition coefficient (Wildman–Crippen LogP) is 6.04. The minimum absolute atomic E-state index is 0.144. The van der Waals surface area contributed by atoms with E-state index >= 15 is 0 Å². The lowest BCUT2D eigenvalue weighted by Crippen LogP contribution is -2.78. The van der Waals surface area contributed by atoms with Crippen LogP contribution in [0.25, 0.3) is 0 Å². The van der Waals surface area contributed by atoms with E-state index in [1.807, 2.05) is 48.5 Å². The van der Waals surface area contributed by atoms with Crippen LogP contribution in [0.2, 0.25) is 0 Å². The smallest absolute Gasteiger partial charge is 0.395 e. The summed E-state index contributed by atoms with van der Waals surface area (Å²) in [6, 6.07) is 17.1. The summed E-state index contributed by atoms with van der Waals surface area (Å²) in [5, 5.41) is 0. The number of para-hydroxylation sites is 1. The third kappa shape index (κ3) is 3.42. The van der Waals surface area contributed by atoms with E-state index in [2.05, 4.69) is 0 Å². The Balaban J connectivity index is 1.31. The highest BCUT2D eigenvalue weighted by atomic mass is 35.5. The van der Waals surface area contributed by atoms with E-state index in [9.17, 15) is 4.57 Å². The van der Waals surface area contributed by atoms with Gasteiger partial charge in [0.1, 0.15) is 18.1 Å². The highest BCUT2D eigenvalue weighted by Crippen LogP contribution is 2.71. The van der Waals surface area contributed by atoms with Gasteiger partial charge >= 0.3 is 8.69 Å². The molecule has 0 N–H and O–H groups in total. The van der Waals surface area contributed by atoms with Gasteiger partial charge in [0, 0.05) is 10.4 Å². The number of alkyl halides is 1. The average molecular weight is 489 g/mol. The van der Waals surface area contributed by atoms with Crippen LogP contribution >= 0.6 is 20.3 Å². The lowest BCUT2D eigenvalue weighted by atomic mass is 9.46. The van der Waals surface area contributed by atoms with Crippen LogP contribution in [-0.2, 0) is 24.9 Å². The summed E-state index contributed by atoms with van der Waals surface area (Å²) in [7, 11) is -0.408. The second-order valence-corrected chi connectivity index (χ2v) is 10.9. The lowest BCUT2D eigenvalue weighted by molar-refractivity contribution is -0.647. The number of hydrogen-bond donors (Lipinski definition) is 0. The Morgan fingerprint density at radius 1 is 0.939 bits per heavy atom. The van der Waals surface area contributed by atoms with E-state index in [1.54, 1.807) is 6.07 Å². The van der Waals surface area contributed by atoms with Gasteiger partial charge in [0.2, 0.25) is 0 Å². The highest BCUT2D eigenvalue weighted by molar-refractivity contribution is 7.17. The Morgan fingerprint density at radius 3 is 2.36 bits per heavy atom. The van der Waals surface area contributed by atoms with Gasteiger partial charge in [-0.2, -0.15) is 4.89 Å². The molecule has 3 atom stereocenters. The van der Waals surface area contributed by atoms with Crippen molar-refractivity contribution in [2.24, 2.45) is 17.8 Å². The van der Waals surface area contributed by atoms with Crippen molar-refractivity contribution in [2.45, 2.75) is 48.4 Å². The molecule has 0 aromatic heterocycles. The van der Waals surface area contributed by atoms with Crippen molar-refractivity contribution in [2.75, 3.05) is 13.2 Å². The molecule has 174 valence electrons. The second kappa shape index (κ2) is 8.21. The standard InChI is InChI=1S/C25H26ClO6P/c26-23-14-17-11-19(15-23)24(20(12-17)16-23)25(32-31-24,18-5-4-8-22(13-18)30-33-27)29-10-9-28-21-6-2-1-3-7-21/h1-8,13,17,19-20H,9-12,14-16H2. The third-order valence-electron chi connectivity index (χ3n) is 7.90. The minimum atomic E-state index is -1.10. The number of benzene rings is 2. The van der Waals surface area contributed by atoms with Crippen molar-refractivity contribution in [3.8, 4) is 11.5 Å². The Labute approximate surface area is 199 Å². The van der Waals surface area contributed by atoms with E-state index in [0.29, 0.717) is 24.9 Å². The minimum Gasteiger partial charge on any atom is -0.491 e. The molecule has 1 saturated heterocycles. The quantitative estimate of drug-likeness (QED) is 0.195. The summed E-state index contributed by atoms with van der Waals surface area (Å²) in [6.45, 7) is 0.692. The summed E-state index contributed by atoms with van der Waals surface area (Å²) in [5.74, 6) is 1.29. The second-order valence-electron chi connectivity index (χ2n) is 9.77. The van der Waals surface area contributed by atoms with E-state index in [1.165, 1.54) is 0 Å². The monoisotopic (exact) mass is 488 g/mol. The molecule has 8 heteroatoms. The van der Waals surface area contributed by atoms with Crippen LogP contribution in [0, 0.1) is 17.8 Å². The van der Waals surface area contributed by atoms with Crippen LogP contribution in [-0.4, -0.2) is 23.7 Å². The van der Waals surface area contributed by atoms with Gasteiger partial charge in [-0.1, -0.05) is 30.3 Å². The largest absolute Gasteiger partial charge is 0.491 e. The Bertz CT molecular complexity index is 1020. The molecule has 3 unspecified atom stereocenters. The van der Waals surface area contributed by atoms with Gasteiger partial charge in [-0.25, -0.2) is 9.45 Å². The van der Waals surface area contributed by atoms with Crippen LogP contribution in [0.3, 0.4) is 0 Å². The normalized spacial score (nSPS) is 38.4.